The number of benzene rings is 2. The second-order valence-electron chi connectivity index (χ2n) is 4.65. The van der Waals surface area contributed by atoms with E-state index in [1.165, 1.54) is 0 Å². The minimum atomic E-state index is 0.139. The van der Waals surface area contributed by atoms with Gasteiger partial charge in [0, 0.05) is 0 Å². The first-order valence-electron chi connectivity index (χ1n) is 6.57. The third kappa shape index (κ3) is 4.28. The summed E-state index contributed by atoms with van der Waals surface area (Å²) in [5.74, 6) is 0.937. The molecule has 0 spiro atoms. The summed E-state index contributed by atoms with van der Waals surface area (Å²) >= 11 is 2.99. The van der Waals surface area contributed by atoms with E-state index in [9.17, 15) is 4.79 Å². The predicted octanol–water partition coefficient (Wildman–Crippen LogP) is 3.07. The molecule has 107 valence electrons. The Morgan fingerprint density at radius 1 is 1.14 bits per heavy atom. The zero-order chi connectivity index (χ0) is 15.2. The van der Waals surface area contributed by atoms with Gasteiger partial charge in [0.25, 0.3) is 0 Å². The van der Waals surface area contributed by atoms with E-state index in [4.69, 9.17) is 4.74 Å². The van der Waals surface area contributed by atoms with E-state index in [2.05, 4.69) is 21.0 Å². The van der Waals surface area contributed by atoms with E-state index >= 15 is 0 Å². The van der Waals surface area contributed by atoms with Gasteiger partial charge < -0.3 is 0 Å². The van der Waals surface area contributed by atoms with Gasteiger partial charge >= 0.3 is 132 Å². The molecule has 2 aromatic rings. The molecule has 2 rings (SSSR count). The number of hydrogen-bond acceptors (Lipinski definition) is 3. The molecule has 0 heterocycles. The van der Waals surface area contributed by atoms with Crippen LogP contribution in [-0.2, 0) is 11.2 Å². The zero-order valence-electron chi connectivity index (χ0n) is 12.0. The summed E-state index contributed by atoms with van der Waals surface area (Å²) in [7, 11) is 1.63. The summed E-state index contributed by atoms with van der Waals surface area (Å²) < 4.78 is 5.90. The third-order valence-corrected chi connectivity index (χ3v) is 3.64. The molecule has 0 aliphatic heterocycles. The molecular weight excluding hydrogens is 329 g/mol. The van der Waals surface area contributed by atoms with Gasteiger partial charge in [-0.05, 0) is 0 Å². The normalized spacial score (nSPS) is 11.2. The first-order valence-corrected chi connectivity index (χ1v) is 7.43. The van der Waals surface area contributed by atoms with Gasteiger partial charge in [-0.25, -0.2) is 0 Å². The number of rotatable bonds is 5. The van der Waals surface area contributed by atoms with Crippen LogP contribution in [0.3, 0.4) is 0 Å². The van der Waals surface area contributed by atoms with Crippen molar-refractivity contribution in [1.82, 2.24) is 0 Å². The molecular formula is C17H16NO2Se. The maximum absolute atomic E-state index is 11.4. The van der Waals surface area contributed by atoms with Crippen LogP contribution < -0.4 is 4.74 Å². The van der Waals surface area contributed by atoms with Gasteiger partial charge in [-0.3, -0.25) is 0 Å². The number of Topliss-reactive ketones (excluding diaryl/α,β-unsaturated/α-hetero) is 1. The SMILES string of the molecule is COc1ccc(N=C([Se])c2ccccc2CC(C)=O)cc1. The van der Waals surface area contributed by atoms with Crippen LogP contribution in [-0.4, -0.2) is 33.5 Å². The van der Waals surface area contributed by atoms with Crippen molar-refractivity contribution >= 4 is 32.1 Å². The molecule has 0 fully saturated rings. The topological polar surface area (TPSA) is 38.7 Å². The van der Waals surface area contributed by atoms with E-state index in [0.717, 1.165) is 27.2 Å². The number of methoxy groups -OCH3 is 1. The van der Waals surface area contributed by atoms with E-state index in [1.54, 1.807) is 14.0 Å². The van der Waals surface area contributed by atoms with Crippen molar-refractivity contribution in [1.29, 1.82) is 0 Å². The van der Waals surface area contributed by atoms with Crippen molar-refractivity contribution in [3.63, 3.8) is 0 Å². The number of ether oxygens (including phenoxy) is 1. The average Bonchev–Trinajstić information content (AvgIpc) is 2.48. The second kappa shape index (κ2) is 7.21. The molecule has 0 unspecified atom stereocenters. The summed E-state index contributed by atoms with van der Waals surface area (Å²) in [5, 5.41) is 0. The zero-order valence-corrected chi connectivity index (χ0v) is 13.7. The molecule has 4 heteroatoms. The van der Waals surface area contributed by atoms with Crippen LogP contribution in [0.15, 0.2) is 53.5 Å². The van der Waals surface area contributed by atoms with E-state index in [0.29, 0.717) is 6.42 Å². The Labute approximate surface area is 132 Å². The van der Waals surface area contributed by atoms with Crippen molar-refractivity contribution < 1.29 is 9.53 Å². The molecule has 21 heavy (non-hydrogen) atoms. The van der Waals surface area contributed by atoms with Crippen molar-refractivity contribution in [2.75, 3.05) is 7.11 Å². The number of ketones is 1. The Balaban J connectivity index is 2.31. The Morgan fingerprint density at radius 2 is 1.81 bits per heavy atom. The second-order valence-corrected chi connectivity index (χ2v) is 5.46. The quantitative estimate of drug-likeness (QED) is 0.617. The summed E-state index contributed by atoms with van der Waals surface area (Å²) in [5.41, 5.74) is 2.78. The Bertz CT molecular complexity index is 663. The molecule has 0 amide bonds. The van der Waals surface area contributed by atoms with Gasteiger partial charge in [0.05, 0.1) is 0 Å². The molecule has 0 aliphatic carbocycles. The molecule has 0 atom stereocenters. The van der Waals surface area contributed by atoms with Gasteiger partial charge in [-0.1, -0.05) is 0 Å². The van der Waals surface area contributed by atoms with Crippen LogP contribution in [0.1, 0.15) is 18.1 Å². The third-order valence-electron chi connectivity index (χ3n) is 2.99. The predicted molar refractivity (Wildman–Crippen MR) is 85.8 cm³/mol. The van der Waals surface area contributed by atoms with Crippen LogP contribution in [0.25, 0.3) is 0 Å². The standard InChI is InChI=1S/C17H16NO2Se/c1-12(19)11-13-5-3-4-6-16(13)17(21)18-14-7-9-15(20-2)10-8-14/h3-10H,11H2,1-2H3. The number of hydrogen-bond donors (Lipinski definition) is 0. The summed E-state index contributed by atoms with van der Waals surface area (Å²) in [6.07, 6.45) is 0.416. The molecule has 0 N–H and O–H groups in total. The van der Waals surface area contributed by atoms with Crippen LogP contribution >= 0.6 is 0 Å². The van der Waals surface area contributed by atoms with E-state index in [1.807, 2.05) is 48.5 Å². The molecule has 0 saturated carbocycles. The van der Waals surface area contributed by atoms with Gasteiger partial charge in [0.1, 0.15) is 0 Å². The summed E-state index contributed by atoms with van der Waals surface area (Å²) in [6, 6.07) is 15.3. The molecule has 2 aromatic carbocycles. The first kappa shape index (κ1) is 15.5. The fourth-order valence-corrected chi connectivity index (χ4v) is 2.62. The van der Waals surface area contributed by atoms with Gasteiger partial charge in [-0.2, -0.15) is 0 Å². The molecule has 0 aliphatic rings. The number of nitrogens with zero attached hydrogens (tertiary/aromatic N) is 1. The van der Waals surface area contributed by atoms with Crippen LogP contribution in [0.4, 0.5) is 5.69 Å². The molecule has 0 bridgehead atoms. The van der Waals surface area contributed by atoms with Gasteiger partial charge in [0.15, 0.2) is 0 Å². The Kier molecular flexibility index (Phi) is 5.31. The Morgan fingerprint density at radius 3 is 2.43 bits per heavy atom. The van der Waals surface area contributed by atoms with Gasteiger partial charge in [-0.15, -0.1) is 0 Å². The van der Waals surface area contributed by atoms with Crippen LogP contribution in [0, 0.1) is 0 Å². The van der Waals surface area contributed by atoms with Crippen molar-refractivity contribution in [2.45, 2.75) is 13.3 Å². The van der Waals surface area contributed by atoms with Crippen LogP contribution in [0.5, 0.6) is 5.75 Å². The first-order chi connectivity index (χ1) is 10.1. The summed E-state index contributed by atoms with van der Waals surface area (Å²) in [6.45, 7) is 1.59. The number of aliphatic imine (C=N–C) groups is 1. The average molecular weight is 345 g/mol. The van der Waals surface area contributed by atoms with Crippen molar-refractivity contribution in [3.8, 4) is 5.75 Å². The maximum atomic E-state index is 11.4. The fourth-order valence-electron chi connectivity index (χ4n) is 1.99. The van der Waals surface area contributed by atoms with Gasteiger partial charge in [0.2, 0.25) is 0 Å². The minimum absolute atomic E-state index is 0.139. The molecule has 1 radical (unpaired) electrons. The van der Waals surface area contributed by atoms with E-state index < -0.39 is 0 Å². The monoisotopic (exact) mass is 346 g/mol. The Hall–Kier alpha value is -1.90. The van der Waals surface area contributed by atoms with Crippen molar-refractivity contribution in [3.05, 3.63) is 59.7 Å². The number of carbonyl (C=O) groups is 1. The summed E-state index contributed by atoms with van der Waals surface area (Å²) in [4.78, 5) is 15.9. The molecule has 0 aromatic heterocycles. The number of carbonyl (C=O) groups excluding carboxylic acids is 1. The van der Waals surface area contributed by atoms with Crippen LogP contribution in [0.2, 0.25) is 0 Å². The van der Waals surface area contributed by atoms with E-state index in [-0.39, 0.29) is 5.78 Å². The fraction of sp³-hybridized carbons (Fsp3) is 0.176. The van der Waals surface area contributed by atoms with Crippen molar-refractivity contribution in [2.24, 2.45) is 4.99 Å². The molecule has 3 nitrogen and oxygen atoms in total. The molecule has 0 saturated heterocycles.